The van der Waals surface area contributed by atoms with Gasteiger partial charge < -0.3 is 0 Å². The number of halogens is 12. The molecule has 0 saturated heterocycles. The number of rotatable bonds is 19. The van der Waals surface area contributed by atoms with E-state index in [9.17, 15) is 52.7 Å². The molecule has 0 radical (unpaired) electrons. The van der Waals surface area contributed by atoms with Gasteiger partial charge in [-0.05, 0) is 204 Å². The van der Waals surface area contributed by atoms with Crippen molar-refractivity contribution < 1.29 is 52.7 Å². The first-order valence-corrected chi connectivity index (χ1v) is 54.4. The first kappa shape index (κ1) is 101. The maximum absolute atomic E-state index is 14.0. The van der Waals surface area contributed by atoms with Gasteiger partial charge >= 0.3 is 24.7 Å². The number of alkyl halides is 12. The van der Waals surface area contributed by atoms with Crippen molar-refractivity contribution in [3.8, 4) is 90.6 Å². The van der Waals surface area contributed by atoms with E-state index in [1.165, 1.54) is 100 Å². The molecule has 22 rings (SSSR count). The molecule has 0 atom stereocenters. The molecule has 6 aromatic heterocycles. The van der Waals surface area contributed by atoms with Crippen LogP contribution in [0.1, 0.15) is 264 Å². The smallest absolute Gasteiger partial charge is 0.218 e. The molecular formula is C117H108F12N18Si. The minimum absolute atomic E-state index is 0.125. The molecule has 31 heteroatoms. The molecule has 0 spiro atoms. The van der Waals surface area contributed by atoms with Crippen molar-refractivity contribution >= 4 is 110 Å². The number of benzene rings is 14. The molecule has 0 N–H and O–H groups in total. The van der Waals surface area contributed by atoms with Crippen LogP contribution in [0.4, 0.5) is 52.7 Å². The van der Waals surface area contributed by atoms with Gasteiger partial charge in [0.15, 0.2) is 34.9 Å². The monoisotopic (exact) mass is 2020 g/mol. The second kappa shape index (κ2) is 39.4. The van der Waals surface area contributed by atoms with E-state index in [4.69, 9.17) is 49.8 Å². The molecule has 0 bridgehead atoms. The Balaban J connectivity index is 0.000000136. The van der Waals surface area contributed by atoms with Crippen LogP contribution in [0.5, 0.6) is 0 Å². The summed E-state index contributed by atoms with van der Waals surface area (Å²) in [5.74, 6) is -0.104. The van der Waals surface area contributed by atoms with Gasteiger partial charge in [-0.15, -0.1) is 0 Å². The largest absolute Gasteiger partial charge is 0.451 e. The van der Waals surface area contributed by atoms with Crippen LogP contribution in [0.25, 0.3) is 188 Å². The number of nitrogens with zero attached hydrogens (tertiary/aromatic N) is 18. The second-order valence-corrected chi connectivity index (χ2v) is 46.0. The van der Waals surface area contributed by atoms with Crippen LogP contribution >= 0.6 is 0 Å². The average Bonchev–Trinajstić information content (AvgIpc) is 0.705. The number of hydrogen-bond acceptors (Lipinski definition) is 18. The SMILES string of the molecule is CC(C)c1nc(-c2ccc3cc(-c4ccccc4-c4ccccc4)c4ccc(-c5nc(C(C)C)nc(C(C)C)n5)c5ccc2c3c54)nc(C(C)C)n1.CCc1nc(CC)nc(-c2ccc3ccc4c([Si](C)(C)C)cc(-c5nc(CC)nc(CC)n5)c5ccc2c3c54)n1.FC(F)(F)c1nc(-c2cc(C3CCCCC3)c3ccc4c(C5CCCCC5)cc(-c5nc(C(F)(F)F)nc(C(F)(F)F)n5)c5ccc2c3c54)nc(C(F)(F)F)n1. The summed E-state index contributed by atoms with van der Waals surface area (Å²) in [7, 11) is -1.74. The van der Waals surface area contributed by atoms with Gasteiger partial charge in [0.05, 0.1) is 8.07 Å². The Morgan fingerprint density at radius 1 is 0.250 bits per heavy atom. The fourth-order valence-electron chi connectivity index (χ4n) is 21.3. The fourth-order valence-corrected chi connectivity index (χ4v) is 22.9. The number of hydrogen-bond donors (Lipinski definition) is 0. The standard InChI is InChI=1S/C46H44N6.C38H28F12N6.C33H36N6Si/c1-25(2)41-47-42(26(3)4)50-45(49-41)36-19-18-30-24-38(32-17-13-12-16-31(32)29-14-10-9-11-15-29)35-22-23-37(34-21-20-33(36)39(30)40(34)35)46-51-43(27(5)6)48-44(52-46)28(7)8;39-35(40,41)31-51-29(52-32(55-31)36(42,43)44)25-15-23(17-7-3-1-4-8-17)19-11-12-20-24(18-9-5-2-6-10-18)16-26(22-14-13-21(25)27(19)28(20)22)30-53-33(37(45,46)47)56-34(54-30)38(48,49)50;1-8-26-34-27(9-2)37-32(36-26)22-14-12-19-13-15-23-25(40(5,6)7)18-24(21-17-16-20(22)30(19)31(21)23)33-38-28(10-3)35-29(11-4)39-33/h9-28H,1-8H3;11-18H,1-10H2;12-18H,8-11H2,1-7H3. The molecule has 6 heterocycles. The minimum atomic E-state index is -5.38. The van der Waals surface area contributed by atoms with E-state index >= 15 is 0 Å². The van der Waals surface area contributed by atoms with Crippen LogP contribution in [0.15, 0.2) is 176 Å². The van der Waals surface area contributed by atoms with Crippen molar-refractivity contribution in [2.75, 3.05) is 0 Å². The van der Waals surface area contributed by atoms with Gasteiger partial charge in [0.1, 0.15) is 46.6 Å². The van der Waals surface area contributed by atoms with E-state index in [1.54, 1.807) is 0 Å². The molecule has 2 aliphatic rings. The summed E-state index contributed by atoms with van der Waals surface area (Å²) in [6.45, 7) is 32.8. The van der Waals surface area contributed by atoms with Gasteiger partial charge in [0, 0.05) is 82.7 Å². The maximum atomic E-state index is 14.0. The Bertz CT molecular complexity index is 8170. The quantitative estimate of drug-likeness (QED) is 0.0416. The Labute approximate surface area is 848 Å². The molecule has 0 amide bonds. The van der Waals surface area contributed by atoms with Gasteiger partial charge in [0.25, 0.3) is 0 Å². The number of aromatic nitrogens is 18. The average molecular weight is 2020 g/mol. The highest BCUT2D eigenvalue weighted by molar-refractivity contribution is 6.90. The summed E-state index contributed by atoms with van der Waals surface area (Å²) in [5, 5.41) is 17.9. The molecule has 2 fully saturated rings. The van der Waals surface area contributed by atoms with E-state index in [0.29, 0.717) is 64.2 Å². The van der Waals surface area contributed by atoms with Gasteiger partial charge in [0.2, 0.25) is 23.3 Å². The van der Waals surface area contributed by atoms with Gasteiger partial charge in [-0.3, -0.25) is 0 Å². The molecular weight excluding hydrogens is 1910 g/mol. The Hall–Kier alpha value is -14.4. The molecule has 0 aliphatic heterocycles. The van der Waals surface area contributed by atoms with Gasteiger partial charge in [-0.2, -0.15) is 52.7 Å². The molecule has 2 saturated carbocycles. The molecule has 2 aliphatic carbocycles. The number of aryl methyl sites for hydroxylation is 4. The van der Waals surface area contributed by atoms with Crippen molar-refractivity contribution in [2.24, 2.45) is 0 Å². The lowest BCUT2D eigenvalue weighted by Gasteiger charge is -2.28. The predicted octanol–water partition coefficient (Wildman–Crippen LogP) is 31.7. The van der Waals surface area contributed by atoms with Crippen molar-refractivity contribution in [1.82, 2.24) is 89.7 Å². The highest BCUT2D eigenvalue weighted by atomic mass is 28.3. The Morgan fingerprint density at radius 2 is 0.541 bits per heavy atom. The first-order chi connectivity index (χ1) is 70.6. The van der Waals surface area contributed by atoms with Crippen LogP contribution in [-0.2, 0) is 50.4 Å². The molecule has 18 nitrogen and oxygen atoms in total. The van der Waals surface area contributed by atoms with Crippen molar-refractivity contribution in [2.45, 2.75) is 253 Å². The van der Waals surface area contributed by atoms with Gasteiger partial charge in [-0.25, -0.2) is 89.7 Å². The van der Waals surface area contributed by atoms with Gasteiger partial charge in [-0.1, -0.05) is 286 Å². The van der Waals surface area contributed by atoms with Crippen LogP contribution < -0.4 is 5.19 Å². The Kier molecular flexibility index (Phi) is 26.8. The molecule has 20 aromatic rings. The summed E-state index contributed by atoms with van der Waals surface area (Å²) in [6.07, 6.45) is -10.8. The summed E-state index contributed by atoms with van der Waals surface area (Å²) >= 11 is 0. The summed E-state index contributed by atoms with van der Waals surface area (Å²) in [5.41, 5.74) is 9.77. The minimum Gasteiger partial charge on any atom is -0.218 e. The Morgan fingerprint density at radius 3 is 0.926 bits per heavy atom. The zero-order valence-corrected chi connectivity index (χ0v) is 85.7. The zero-order chi connectivity index (χ0) is 104. The van der Waals surface area contributed by atoms with Crippen molar-refractivity contribution in [1.29, 1.82) is 0 Å². The van der Waals surface area contributed by atoms with E-state index < -0.39 is 67.7 Å². The second-order valence-electron chi connectivity index (χ2n) is 41.0. The van der Waals surface area contributed by atoms with E-state index in [-0.39, 0.29) is 57.4 Å². The fraction of sp³-hybridized carbons (Fsp3) is 0.333. The zero-order valence-electron chi connectivity index (χ0n) is 84.7. The predicted molar refractivity (Wildman–Crippen MR) is 563 cm³/mol. The van der Waals surface area contributed by atoms with E-state index in [2.05, 4.69) is 282 Å². The summed E-state index contributed by atoms with van der Waals surface area (Å²) in [6, 6.07) is 60.3. The highest BCUT2D eigenvalue weighted by Crippen LogP contribution is 2.54. The first-order valence-electron chi connectivity index (χ1n) is 50.9. The summed E-state index contributed by atoms with van der Waals surface area (Å²) < 4.78 is 168. The molecule has 754 valence electrons. The van der Waals surface area contributed by atoms with E-state index in [1.807, 2.05) is 12.1 Å². The van der Waals surface area contributed by atoms with Crippen molar-refractivity contribution in [3.05, 3.63) is 257 Å². The molecule has 14 aromatic carbocycles. The summed E-state index contributed by atoms with van der Waals surface area (Å²) in [4.78, 5) is 78.2. The lowest BCUT2D eigenvalue weighted by molar-refractivity contribution is -0.156. The van der Waals surface area contributed by atoms with Crippen LogP contribution in [-0.4, -0.2) is 97.8 Å². The molecule has 0 unspecified atom stereocenters. The lowest BCUT2D eigenvalue weighted by atomic mass is 9.76. The topological polar surface area (TPSA) is 232 Å². The van der Waals surface area contributed by atoms with Crippen LogP contribution in [0.2, 0.25) is 19.6 Å². The maximum Gasteiger partial charge on any atom is 0.451 e. The van der Waals surface area contributed by atoms with Crippen molar-refractivity contribution in [3.63, 3.8) is 0 Å². The van der Waals surface area contributed by atoms with Crippen LogP contribution in [0.3, 0.4) is 0 Å². The van der Waals surface area contributed by atoms with Crippen LogP contribution in [0, 0.1) is 0 Å². The third-order valence-corrected chi connectivity index (χ3v) is 30.6. The normalized spacial score (nSPS) is 14.1. The lowest BCUT2D eigenvalue weighted by Crippen LogP contribution is -2.38. The van der Waals surface area contributed by atoms with E-state index in [0.717, 1.165) is 167 Å². The highest BCUT2D eigenvalue weighted by Gasteiger charge is 2.45. The third kappa shape index (κ3) is 19.1. The third-order valence-electron chi connectivity index (χ3n) is 28.6. The molecule has 148 heavy (non-hydrogen) atoms.